The highest BCUT2D eigenvalue weighted by Gasteiger charge is 2.31. The molecule has 1 heterocycles. The number of hydrogen-bond donors (Lipinski definition) is 1. The van der Waals surface area contributed by atoms with E-state index in [0.29, 0.717) is 28.4 Å². The van der Waals surface area contributed by atoms with Crippen molar-refractivity contribution in [2.45, 2.75) is 6.61 Å². The number of nitrogens with zero attached hydrogens (tertiary/aromatic N) is 2. The van der Waals surface area contributed by atoms with E-state index in [1.165, 1.54) is 42.7 Å². The van der Waals surface area contributed by atoms with Crippen LogP contribution in [-0.2, 0) is 20.8 Å². The topological polar surface area (TPSA) is 145 Å². The molecule has 3 rings (SSSR count). The number of methoxy groups -OCH3 is 6. The summed E-state index contributed by atoms with van der Waals surface area (Å²) in [6.45, 7) is -0.508. The van der Waals surface area contributed by atoms with Crippen LogP contribution in [0.5, 0.6) is 23.0 Å². The molecule has 2 aromatic carbocycles. The molecule has 12 nitrogen and oxygen atoms in total. The number of aliphatic hydroxyl groups excluding tert-OH is 1. The minimum absolute atomic E-state index is 0.133. The van der Waals surface area contributed by atoms with E-state index in [1.54, 1.807) is 30.3 Å². The Balaban J connectivity index is 2.55. The summed E-state index contributed by atoms with van der Waals surface area (Å²) in [4.78, 5) is 25.8. The maximum Gasteiger partial charge on any atom is 0.359 e. The number of hydrogen-bond acceptors (Lipinski definition) is 12. The Morgan fingerprint density at radius 3 is 1.84 bits per heavy atom. The minimum atomic E-state index is -0.825. The van der Waals surface area contributed by atoms with Crippen molar-refractivity contribution in [3.05, 3.63) is 47.3 Å². The molecular weight excluding hydrogens is 500 g/mol. The van der Waals surface area contributed by atoms with Crippen LogP contribution in [0.4, 0.5) is 0 Å². The molecule has 1 aromatic heterocycles. The van der Waals surface area contributed by atoms with E-state index < -0.39 is 11.9 Å². The molecule has 0 aliphatic rings. The highest BCUT2D eigenvalue weighted by molar-refractivity contribution is 6.07. The van der Waals surface area contributed by atoms with E-state index in [0.717, 1.165) is 0 Å². The van der Waals surface area contributed by atoms with Gasteiger partial charge in [0.05, 0.1) is 42.2 Å². The van der Waals surface area contributed by atoms with Crippen LogP contribution in [0.3, 0.4) is 0 Å². The first-order chi connectivity index (χ1) is 18.4. The average molecular weight is 529 g/mol. The third-order valence-corrected chi connectivity index (χ3v) is 5.56. The zero-order valence-electron chi connectivity index (χ0n) is 21.8. The molecule has 0 bridgehead atoms. The summed E-state index contributed by atoms with van der Waals surface area (Å²) < 4.78 is 37.1. The molecule has 0 spiro atoms. The molecule has 0 saturated heterocycles. The summed E-state index contributed by atoms with van der Waals surface area (Å²) in [5.74, 6) is -0.361. The van der Waals surface area contributed by atoms with Crippen LogP contribution >= 0.6 is 0 Å². The van der Waals surface area contributed by atoms with Crippen molar-refractivity contribution in [2.75, 3.05) is 49.5 Å². The summed E-state index contributed by atoms with van der Waals surface area (Å²) in [5.41, 5.74) is 0.996. The second kappa shape index (κ2) is 12.7. The Morgan fingerprint density at radius 2 is 1.32 bits per heavy atom. The summed E-state index contributed by atoms with van der Waals surface area (Å²) >= 11 is 0. The zero-order chi connectivity index (χ0) is 27.8. The Hall–Kier alpha value is -4.42. The second-order valence-electron chi connectivity index (χ2n) is 7.57. The van der Waals surface area contributed by atoms with Crippen LogP contribution in [0, 0.1) is 0 Å². The summed E-state index contributed by atoms with van der Waals surface area (Å²) in [7, 11) is 8.20. The Morgan fingerprint density at radius 1 is 0.737 bits per heavy atom. The first kappa shape index (κ1) is 28.2. The van der Waals surface area contributed by atoms with Gasteiger partial charge in [0, 0.05) is 35.4 Å². The van der Waals surface area contributed by atoms with Gasteiger partial charge in [-0.05, 0) is 23.8 Å². The van der Waals surface area contributed by atoms with Crippen LogP contribution in [-0.4, -0.2) is 76.7 Å². The molecule has 0 atom stereocenters. The predicted octanol–water partition coefficient (Wildman–Crippen LogP) is 2.88. The number of carbonyl (C=O) groups is 2. The van der Waals surface area contributed by atoms with Crippen molar-refractivity contribution in [3.8, 4) is 45.3 Å². The van der Waals surface area contributed by atoms with E-state index in [4.69, 9.17) is 33.2 Å². The van der Waals surface area contributed by atoms with Crippen molar-refractivity contribution in [1.82, 2.24) is 10.2 Å². The van der Waals surface area contributed by atoms with Gasteiger partial charge in [0.1, 0.15) is 11.5 Å². The van der Waals surface area contributed by atoms with Crippen LogP contribution in [0.2, 0.25) is 0 Å². The maximum absolute atomic E-state index is 12.9. The van der Waals surface area contributed by atoms with Crippen molar-refractivity contribution >= 4 is 11.9 Å². The Bertz CT molecular complexity index is 1330. The molecule has 1 N–H and O–H groups in total. The maximum atomic E-state index is 12.9. The smallest absolute Gasteiger partial charge is 0.359 e. The van der Waals surface area contributed by atoms with Gasteiger partial charge in [-0.3, -0.25) is 0 Å². The van der Waals surface area contributed by atoms with Gasteiger partial charge in [-0.15, -0.1) is 10.2 Å². The molecule has 0 aliphatic heterocycles. The first-order valence-corrected chi connectivity index (χ1v) is 11.1. The van der Waals surface area contributed by atoms with Crippen molar-refractivity contribution in [1.29, 1.82) is 0 Å². The molecule has 202 valence electrons. The van der Waals surface area contributed by atoms with E-state index in [2.05, 4.69) is 10.2 Å². The SMILES string of the molecule is COCOc1cc(OC)c(OC)cc1-c1c(C(=O)OC)nnc(C(=O)OC)c1-c1ccc(OC)c(CO)c1. The van der Waals surface area contributed by atoms with Crippen LogP contribution in [0.25, 0.3) is 22.3 Å². The monoisotopic (exact) mass is 528 g/mol. The fourth-order valence-corrected chi connectivity index (χ4v) is 3.81. The lowest BCUT2D eigenvalue weighted by atomic mass is 9.90. The van der Waals surface area contributed by atoms with E-state index in [-0.39, 0.29) is 47.2 Å². The van der Waals surface area contributed by atoms with Gasteiger partial charge in [-0.2, -0.15) is 0 Å². The minimum Gasteiger partial charge on any atom is -0.496 e. The number of aromatic nitrogens is 2. The van der Waals surface area contributed by atoms with Crippen molar-refractivity contribution < 1.29 is 47.9 Å². The quantitative estimate of drug-likeness (QED) is 0.288. The van der Waals surface area contributed by atoms with Crippen molar-refractivity contribution in [3.63, 3.8) is 0 Å². The highest BCUT2D eigenvalue weighted by Crippen LogP contribution is 2.46. The molecule has 0 unspecified atom stereocenters. The lowest BCUT2D eigenvalue weighted by molar-refractivity contribution is 0.0513. The van der Waals surface area contributed by atoms with Gasteiger partial charge >= 0.3 is 11.9 Å². The van der Waals surface area contributed by atoms with Crippen molar-refractivity contribution in [2.24, 2.45) is 0 Å². The number of rotatable bonds is 11. The standard InChI is InChI=1S/C26H28N2O10/c1-32-13-38-18-11-20(35-4)19(34-3)10-16(18)22-21(14-7-8-17(33-2)15(9-14)12-29)23(25(30)36-5)27-28-24(22)26(31)37-6/h7-11,29H,12-13H2,1-6H3. The van der Waals surface area contributed by atoms with E-state index >= 15 is 0 Å². The fourth-order valence-electron chi connectivity index (χ4n) is 3.81. The first-order valence-electron chi connectivity index (χ1n) is 11.1. The third-order valence-electron chi connectivity index (χ3n) is 5.56. The van der Waals surface area contributed by atoms with Gasteiger partial charge in [0.15, 0.2) is 29.7 Å². The predicted molar refractivity (Wildman–Crippen MR) is 134 cm³/mol. The van der Waals surface area contributed by atoms with Gasteiger partial charge in [0.25, 0.3) is 0 Å². The van der Waals surface area contributed by atoms with Gasteiger partial charge < -0.3 is 38.3 Å². The summed E-state index contributed by atoms with van der Waals surface area (Å²) in [6, 6.07) is 7.96. The number of carbonyl (C=O) groups excluding carboxylic acids is 2. The molecule has 0 radical (unpaired) electrons. The molecule has 0 saturated carbocycles. The summed E-state index contributed by atoms with van der Waals surface area (Å²) in [6.07, 6.45) is 0. The highest BCUT2D eigenvalue weighted by atomic mass is 16.7. The molecule has 38 heavy (non-hydrogen) atoms. The van der Waals surface area contributed by atoms with Gasteiger partial charge in [-0.25, -0.2) is 9.59 Å². The Kier molecular flexibility index (Phi) is 9.41. The largest absolute Gasteiger partial charge is 0.496 e. The van der Waals surface area contributed by atoms with Gasteiger partial charge in [-0.1, -0.05) is 6.07 Å². The lowest BCUT2D eigenvalue weighted by Crippen LogP contribution is -2.16. The van der Waals surface area contributed by atoms with Crippen LogP contribution < -0.4 is 18.9 Å². The third kappa shape index (κ3) is 5.45. The molecule has 0 fully saturated rings. The fraction of sp³-hybridized carbons (Fsp3) is 0.308. The molecular formula is C26H28N2O10. The molecule has 0 amide bonds. The summed E-state index contributed by atoms with van der Waals surface area (Å²) in [5, 5.41) is 18.0. The normalized spacial score (nSPS) is 10.5. The molecule has 0 aliphatic carbocycles. The van der Waals surface area contributed by atoms with E-state index in [9.17, 15) is 14.7 Å². The average Bonchev–Trinajstić information content (AvgIpc) is 2.97. The van der Waals surface area contributed by atoms with Crippen LogP contribution in [0.15, 0.2) is 30.3 Å². The number of benzene rings is 2. The lowest BCUT2D eigenvalue weighted by Gasteiger charge is -2.20. The second-order valence-corrected chi connectivity index (χ2v) is 7.57. The van der Waals surface area contributed by atoms with E-state index in [1.807, 2.05) is 0 Å². The molecule has 12 heteroatoms. The number of aliphatic hydroxyl groups is 1. The number of ether oxygens (including phenoxy) is 7. The van der Waals surface area contributed by atoms with Crippen LogP contribution in [0.1, 0.15) is 26.5 Å². The number of esters is 2. The molecule has 3 aromatic rings. The Labute approximate surface area is 219 Å². The zero-order valence-corrected chi connectivity index (χ0v) is 21.8. The van der Waals surface area contributed by atoms with Gasteiger partial charge in [0.2, 0.25) is 0 Å².